The van der Waals surface area contributed by atoms with Gasteiger partial charge in [0.25, 0.3) is 0 Å². The molecule has 1 heterocycles. The molecule has 4 rings (SSSR count). The fraction of sp³-hybridized carbons (Fsp3) is 0.321. The first-order valence-electron chi connectivity index (χ1n) is 12.0. The van der Waals surface area contributed by atoms with Gasteiger partial charge in [0.2, 0.25) is 0 Å². The van der Waals surface area contributed by atoms with Gasteiger partial charge in [-0.2, -0.15) is 0 Å². The predicted molar refractivity (Wildman–Crippen MR) is 138 cm³/mol. The van der Waals surface area contributed by atoms with Crippen molar-refractivity contribution in [2.75, 3.05) is 0 Å². The van der Waals surface area contributed by atoms with E-state index in [2.05, 4.69) is 52.2 Å². The van der Waals surface area contributed by atoms with E-state index in [1.807, 2.05) is 64.1 Å². The number of benzene rings is 3. The SMILES string of the molecule is [2H]C(C)(C)c1cccc(C([2H])(C)C)c1-n1c(-c2cc[c]([Ge]([CH3])([CH3])[CH3])cc2)nc2ccccc21. The van der Waals surface area contributed by atoms with Gasteiger partial charge in [-0.15, -0.1) is 0 Å². The summed E-state index contributed by atoms with van der Waals surface area (Å²) >= 11 is -1.93. The van der Waals surface area contributed by atoms with Crippen LogP contribution in [-0.2, 0) is 0 Å². The van der Waals surface area contributed by atoms with Crippen molar-refractivity contribution in [1.29, 1.82) is 0 Å². The van der Waals surface area contributed by atoms with Crippen molar-refractivity contribution < 1.29 is 2.74 Å². The van der Waals surface area contributed by atoms with Crippen molar-refractivity contribution in [3.05, 3.63) is 77.9 Å². The Labute approximate surface area is 192 Å². The monoisotopic (exact) mass is 474 g/mol. The summed E-state index contributed by atoms with van der Waals surface area (Å²) in [6.45, 7) is 7.65. The van der Waals surface area contributed by atoms with Crippen molar-refractivity contribution >= 4 is 28.7 Å². The quantitative estimate of drug-likeness (QED) is 0.275. The Morgan fingerprint density at radius 2 is 1.35 bits per heavy atom. The van der Waals surface area contributed by atoms with Gasteiger partial charge in [0.1, 0.15) is 0 Å². The van der Waals surface area contributed by atoms with Gasteiger partial charge in [0.15, 0.2) is 0 Å². The molecule has 160 valence electrons. The first-order valence-corrected chi connectivity index (χ1v) is 18.4. The molecule has 0 aliphatic rings. The topological polar surface area (TPSA) is 17.8 Å². The average molecular weight is 473 g/mol. The number of fused-ring (bicyclic) bond motifs is 1. The van der Waals surface area contributed by atoms with Crippen molar-refractivity contribution in [2.24, 2.45) is 0 Å². The summed E-state index contributed by atoms with van der Waals surface area (Å²) < 4.78 is 21.5. The normalized spacial score (nSPS) is 13.9. The molecule has 0 unspecified atom stereocenters. The van der Waals surface area contributed by atoms with Crippen LogP contribution in [0.2, 0.25) is 17.3 Å². The molecule has 31 heavy (non-hydrogen) atoms. The summed E-state index contributed by atoms with van der Waals surface area (Å²) in [7, 11) is 0. The van der Waals surface area contributed by atoms with Crippen molar-refractivity contribution in [3.8, 4) is 17.1 Å². The predicted octanol–water partition coefficient (Wildman–Crippen LogP) is 7.48. The summed E-state index contributed by atoms with van der Waals surface area (Å²) in [5.41, 5.74) is 5.65. The molecule has 0 atom stereocenters. The van der Waals surface area contributed by atoms with E-state index in [0.29, 0.717) is 0 Å². The zero-order valence-electron chi connectivity index (χ0n) is 21.7. The fourth-order valence-electron chi connectivity index (χ4n) is 4.16. The van der Waals surface area contributed by atoms with Crippen LogP contribution in [0.15, 0.2) is 66.7 Å². The molecule has 0 radical (unpaired) electrons. The van der Waals surface area contributed by atoms with Gasteiger partial charge < -0.3 is 0 Å². The molecule has 0 saturated carbocycles. The molecule has 4 aromatic rings. The van der Waals surface area contributed by atoms with E-state index in [1.54, 1.807) is 0 Å². The zero-order chi connectivity index (χ0) is 24.2. The molecule has 0 aliphatic carbocycles. The fourth-order valence-corrected chi connectivity index (χ4v) is 6.60. The molecule has 0 aliphatic heterocycles. The molecule has 0 fully saturated rings. The number of imidazole rings is 1. The molecule has 2 nitrogen and oxygen atoms in total. The summed E-state index contributed by atoms with van der Waals surface area (Å²) in [6.07, 6.45) is 0. The van der Waals surface area contributed by atoms with E-state index < -0.39 is 25.1 Å². The summed E-state index contributed by atoms with van der Waals surface area (Å²) in [4.78, 5) is 5.05. The van der Waals surface area contributed by atoms with Gasteiger partial charge in [-0.1, -0.05) is 0 Å². The van der Waals surface area contributed by atoms with Gasteiger partial charge in [0, 0.05) is 0 Å². The van der Waals surface area contributed by atoms with E-state index in [9.17, 15) is 0 Å². The number of nitrogens with zero attached hydrogens (tertiary/aromatic N) is 2. The van der Waals surface area contributed by atoms with Crippen molar-refractivity contribution in [1.82, 2.24) is 9.55 Å². The average Bonchev–Trinajstić information content (AvgIpc) is 3.10. The summed E-state index contributed by atoms with van der Waals surface area (Å²) in [6, 6.07) is 23.1. The van der Waals surface area contributed by atoms with E-state index >= 15 is 0 Å². The molecule has 0 spiro atoms. The molecule has 3 aromatic carbocycles. The van der Waals surface area contributed by atoms with E-state index in [-0.39, 0.29) is 0 Å². The van der Waals surface area contributed by atoms with Crippen LogP contribution in [0, 0.1) is 0 Å². The van der Waals surface area contributed by atoms with Gasteiger partial charge in [-0.3, -0.25) is 0 Å². The van der Waals surface area contributed by atoms with E-state index in [0.717, 1.165) is 39.2 Å². The summed E-state index contributed by atoms with van der Waals surface area (Å²) in [5.74, 6) is 6.40. The second kappa shape index (κ2) is 8.31. The number of hydrogen-bond donors (Lipinski definition) is 0. The Morgan fingerprint density at radius 1 is 0.774 bits per heavy atom. The number of aromatic nitrogens is 2. The zero-order valence-corrected chi connectivity index (χ0v) is 21.8. The van der Waals surface area contributed by atoms with Crippen molar-refractivity contribution in [3.63, 3.8) is 0 Å². The third-order valence-corrected chi connectivity index (χ3v) is 10.2. The van der Waals surface area contributed by atoms with Crippen LogP contribution in [0.1, 0.15) is 53.4 Å². The molecule has 0 saturated heterocycles. The maximum absolute atomic E-state index is 8.91. The standard InChI is InChI=1S/C28H34GeN2/c1-19(2)23-11-10-12-24(20(3)4)27(23)31-26-14-9-8-13-25(26)30-28(31)21-15-17-22(18-16-21)29(5,6)7/h8-20H,1-7H3/i19D,20D. The Morgan fingerprint density at radius 3 is 1.90 bits per heavy atom. The van der Waals surface area contributed by atoms with Crippen LogP contribution < -0.4 is 4.40 Å². The molecule has 0 bridgehead atoms. The molecule has 0 amide bonds. The molecule has 0 N–H and O–H groups in total. The number of hydrogen-bond acceptors (Lipinski definition) is 1. The van der Waals surface area contributed by atoms with Crippen molar-refractivity contribution in [2.45, 2.75) is 56.8 Å². The third-order valence-electron chi connectivity index (χ3n) is 5.91. The Hall–Kier alpha value is -2.33. The van der Waals surface area contributed by atoms with E-state index in [4.69, 9.17) is 7.73 Å². The Balaban J connectivity index is 2.10. The Kier molecular flexibility index (Phi) is 5.19. The first kappa shape index (κ1) is 19.4. The van der Waals surface area contributed by atoms with Crippen LogP contribution >= 0.6 is 0 Å². The molecular formula is C28H34GeN2. The molecule has 1 aromatic heterocycles. The third kappa shape index (κ3) is 4.10. The van der Waals surface area contributed by atoms with Gasteiger partial charge in [-0.25, -0.2) is 0 Å². The number of para-hydroxylation sites is 3. The van der Waals surface area contributed by atoms with Gasteiger partial charge >= 0.3 is 193 Å². The summed E-state index contributed by atoms with van der Waals surface area (Å²) in [5, 5.41) is 0. The number of rotatable bonds is 5. The molecule has 3 heteroatoms. The second-order valence-corrected chi connectivity index (χ2v) is 20.4. The van der Waals surface area contributed by atoms with Crippen LogP contribution in [-0.4, -0.2) is 22.8 Å². The van der Waals surface area contributed by atoms with Crippen LogP contribution in [0.5, 0.6) is 0 Å². The van der Waals surface area contributed by atoms with Crippen LogP contribution in [0.3, 0.4) is 0 Å². The van der Waals surface area contributed by atoms with Crippen LogP contribution in [0.25, 0.3) is 28.1 Å². The van der Waals surface area contributed by atoms with Crippen LogP contribution in [0.4, 0.5) is 0 Å². The van der Waals surface area contributed by atoms with E-state index in [1.165, 1.54) is 4.40 Å². The van der Waals surface area contributed by atoms with Gasteiger partial charge in [0.05, 0.1) is 0 Å². The van der Waals surface area contributed by atoms with Gasteiger partial charge in [-0.05, 0) is 0 Å². The minimum atomic E-state index is -1.93. The minimum absolute atomic E-state index is 0.830. The second-order valence-electron chi connectivity index (χ2n) is 9.79. The first-order chi connectivity index (χ1) is 15.3. The maximum atomic E-state index is 8.91. The Bertz CT molecular complexity index is 1270. The molecular weight excluding hydrogens is 437 g/mol.